The molecule has 0 aliphatic heterocycles. The Morgan fingerprint density at radius 1 is 0.933 bits per heavy atom. The highest BCUT2D eigenvalue weighted by molar-refractivity contribution is 7.17. The van der Waals surface area contributed by atoms with Gasteiger partial charge in [0.05, 0.1) is 17.4 Å². The van der Waals surface area contributed by atoms with Crippen LogP contribution in [0.25, 0.3) is 0 Å². The van der Waals surface area contributed by atoms with Crippen LogP contribution in [0.2, 0.25) is 0 Å². The van der Waals surface area contributed by atoms with E-state index in [9.17, 15) is 13.2 Å². The van der Waals surface area contributed by atoms with Crippen molar-refractivity contribution in [1.29, 1.82) is 0 Å². The maximum Gasteiger partial charge on any atom is 0.184 e. The zero-order chi connectivity index (χ0) is 23.9. The van der Waals surface area contributed by atoms with Gasteiger partial charge in [-0.1, -0.05) is 56.5 Å². The molecule has 2 N–H and O–H groups in total. The van der Waals surface area contributed by atoms with Gasteiger partial charge in [-0.15, -0.1) is 0 Å². The molecule has 0 aromatic heterocycles. The average molecular weight is 445 g/mol. The van der Waals surface area contributed by atoms with Gasteiger partial charge < -0.3 is 15.4 Å². The molecule has 30 heavy (non-hydrogen) atoms. The maximum atomic E-state index is 13.7. The first-order valence-electron chi connectivity index (χ1n) is 9.65. The summed E-state index contributed by atoms with van der Waals surface area (Å²) in [5, 5.41) is 5.30. The number of aryl methyl sites for hydroxylation is 1. The lowest BCUT2D eigenvalue weighted by Crippen LogP contribution is -2.03. The molecular formula is C23H36F3N2OP. The Morgan fingerprint density at radius 2 is 1.40 bits per heavy atom. The van der Waals surface area contributed by atoms with Crippen LogP contribution >= 0.6 is 8.86 Å². The second-order valence-corrected chi connectivity index (χ2v) is 7.73. The number of rotatable bonds is 4. The minimum absolute atomic E-state index is 0.0894. The first kappa shape index (κ1) is 30.2. The smallest absolute Gasteiger partial charge is 0.184 e. The molecule has 0 amide bonds. The fourth-order valence-electron chi connectivity index (χ4n) is 1.74. The highest BCUT2D eigenvalue weighted by Crippen LogP contribution is 2.31. The Balaban J connectivity index is 0. The van der Waals surface area contributed by atoms with Crippen LogP contribution in [0.5, 0.6) is 0 Å². The van der Waals surface area contributed by atoms with E-state index in [0.29, 0.717) is 11.1 Å². The molecule has 0 bridgehead atoms. The van der Waals surface area contributed by atoms with E-state index in [1.165, 1.54) is 24.2 Å². The predicted molar refractivity (Wildman–Crippen MR) is 128 cm³/mol. The Bertz CT molecular complexity index is 757. The van der Waals surface area contributed by atoms with Gasteiger partial charge in [0.1, 0.15) is 11.5 Å². The van der Waals surface area contributed by atoms with E-state index in [0.717, 1.165) is 11.6 Å². The molecule has 0 atom stereocenters. The van der Waals surface area contributed by atoms with Crippen LogP contribution in [0.1, 0.15) is 47.1 Å². The molecule has 0 aliphatic rings. The van der Waals surface area contributed by atoms with Crippen molar-refractivity contribution in [3.05, 3.63) is 53.3 Å². The van der Waals surface area contributed by atoms with Crippen LogP contribution in [-0.4, -0.2) is 20.1 Å². The first-order valence-corrected chi connectivity index (χ1v) is 10.2. The monoisotopic (exact) mass is 444 g/mol. The molecule has 0 spiro atoms. The molecule has 3 nitrogen and oxygen atoms in total. The van der Waals surface area contributed by atoms with Gasteiger partial charge in [0.25, 0.3) is 0 Å². The number of hydrogen-bond donors (Lipinski definition) is 2. The van der Waals surface area contributed by atoms with Gasteiger partial charge in [0.15, 0.2) is 11.6 Å². The number of benzene rings is 2. The molecule has 0 saturated heterocycles. The van der Waals surface area contributed by atoms with Crippen molar-refractivity contribution in [2.24, 2.45) is 5.41 Å². The van der Waals surface area contributed by atoms with Crippen molar-refractivity contribution in [3.63, 3.8) is 0 Å². The van der Waals surface area contributed by atoms with E-state index in [-0.39, 0.29) is 11.4 Å². The summed E-state index contributed by atoms with van der Waals surface area (Å²) in [6.45, 7) is 14.5. The molecule has 2 aromatic rings. The zero-order valence-corrected chi connectivity index (χ0v) is 20.5. The summed E-state index contributed by atoms with van der Waals surface area (Å²) in [6.07, 6.45) is 0. The molecule has 0 heterocycles. The number of anilines is 3. The van der Waals surface area contributed by atoms with Crippen LogP contribution in [0.3, 0.4) is 0 Å². The maximum absolute atomic E-state index is 13.7. The lowest BCUT2D eigenvalue weighted by Gasteiger charge is -2.14. The molecule has 0 fully saturated rings. The minimum Gasteiger partial charge on any atom is -0.386 e. The molecule has 170 valence electrons. The van der Waals surface area contributed by atoms with Crippen molar-refractivity contribution in [2.75, 3.05) is 24.8 Å². The lowest BCUT2D eigenvalue weighted by molar-refractivity contribution is 0.432. The van der Waals surface area contributed by atoms with E-state index >= 15 is 0 Å². The summed E-state index contributed by atoms with van der Waals surface area (Å²) >= 11 is 0. The Labute approximate surface area is 182 Å². The van der Waals surface area contributed by atoms with Crippen LogP contribution in [0.4, 0.5) is 30.2 Å². The topological polar surface area (TPSA) is 33.3 Å². The van der Waals surface area contributed by atoms with Gasteiger partial charge in [0, 0.05) is 14.2 Å². The Hall–Kier alpha value is -2.04. The van der Waals surface area contributed by atoms with Crippen molar-refractivity contribution >= 4 is 31.9 Å². The summed E-state index contributed by atoms with van der Waals surface area (Å²) in [5.74, 6) is -1.13. The summed E-state index contributed by atoms with van der Waals surface area (Å²) in [6, 6.07) is 6.87. The third kappa shape index (κ3) is 13.2. The molecule has 0 saturated carbocycles. The summed E-state index contributed by atoms with van der Waals surface area (Å²) in [4.78, 5) is 0. The van der Waals surface area contributed by atoms with E-state index in [1.807, 2.05) is 13.8 Å². The van der Waals surface area contributed by atoms with Crippen molar-refractivity contribution in [2.45, 2.75) is 48.5 Å². The number of hydrogen-bond acceptors (Lipinski definition) is 3. The van der Waals surface area contributed by atoms with Gasteiger partial charge in [-0.25, -0.2) is 13.2 Å². The molecule has 0 radical (unpaired) electrons. The molecule has 2 rings (SSSR count). The minimum atomic E-state index is -1.05. The standard InChI is InChI=1S/C14H13F3N2.C5H12.C2H5OP.C2H6/c1-8-3-5-11(10(16)7-8)19-14-12(18-2)6-4-9(15)13(14)17;1-5(2,3)4;1-3-2-4;1-2/h3-7,18-19H,1-2H3;1-4H3;2,4H,1H3;1-2H3. The van der Waals surface area contributed by atoms with E-state index in [4.69, 9.17) is 0 Å². The largest absolute Gasteiger partial charge is 0.386 e. The second-order valence-electron chi connectivity index (χ2n) is 7.50. The van der Waals surface area contributed by atoms with E-state index in [2.05, 4.69) is 51.9 Å². The number of halogens is 3. The summed E-state index contributed by atoms with van der Waals surface area (Å²) in [7, 11) is 6.09. The Kier molecular flexibility index (Phi) is 15.8. The Morgan fingerprint density at radius 3 is 1.80 bits per heavy atom. The van der Waals surface area contributed by atoms with Gasteiger partial charge in [0.2, 0.25) is 0 Å². The summed E-state index contributed by atoms with van der Waals surface area (Å²) < 4.78 is 45.0. The van der Waals surface area contributed by atoms with Crippen LogP contribution in [0, 0.1) is 29.8 Å². The molecule has 7 heteroatoms. The van der Waals surface area contributed by atoms with Crippen LogP contribution in [-0.2, 0) is 4.74 Å². The molecule has 0 unspecified atom stereocenters. The van der Waals surface area contributed by atoms with Crippen LogP contribution in [0.15, 0.2) is 30.3 Å². The van der Waals surface area contributed by atoms with Gasteiger partial charge in [-0.2, -0.15) is 0 Å². The quantitative estimate of drug-likeness (QED) is 0.472. The predicted octanol–water partition coefficient (Wildman–Crippen LogP) is 7.81. The van der Waals surface area contributed by atoms with Crippen molar-refractivity contribution in [3.8, 4) is 0 Å². The highest BCUT2D eigenvalue weighted by Gasteiger charge is 2.14. The average Bonchev–Trinajstić information content (AvgIpc) is 2.68. The number of nitrogens with one attached hydrogen (secondary N) is 2. The van der Waals surface area contributed by atoms with E-state index in [1.54, 1.807) is 27.1 Å². The van der Waals surface area contributed by atoms with E-state index < -0.39 is 17.5 Å². The van der Waals surface area contributed by atoms with Gasteiger partial charge in [-0.05, 0) is 42.2 Å². The first-order chi connectivity index (χ1) is 13.9. The lowest BCUT2D eigenvalue weighted by atomic mass is 10.0. The highest BCUT2D eigenvalue weighted by atomic mass is 31.0. The van der Waals surface area contributed by atoms with Crippen molar-refractivity contribution < 1.29 is 17.9 Å². The second kappa shape index (κ2) is 15.8. The molecular weight excluding hydrogens is 408 g/mol. The fraction of sp³-hybridized carbons (Fsp3) is 0.435. The molecule has 2 aromatic carbocycles. The SMILES string of the molecule is CC.CC(C)(C)C.CNc1ccc(F)c(F)c1Nc1ccc(C)cc1F.COC=P. The van der Waals surface area contributed by atoms with Gasteiger partial charge >= 0.3 is 0 Å². The fourth-order valence-corrected chi connectivity index (χ4v) is 1.74. The normalized spacial score (nSPS) is 9.60. The summed E-state index contributed by atoms with van der Waals surface area (Å²) in [5.41, 5.74) is 1.56. The molecule has 0 aliphatic carbocycles. The number of methoxy groups -OCH3 is 1. The zero-order valence-electron chi connectivity index (χ0n) is 19.5. The third-order valence-corrected chi connectivity index (χ3v) is 3.10. The van der Waals surface area contributed by atoms with Crippen LogP contribution < -0.4 is 10.6 Å². The van der Waals surface area contributed by atoms with Crippen molar-refractivity contribution in [1.82, 2.24) is 0 Å². The third-order valence-electron chi connectivity index (χ3n) is 2.87. The number of ether oxygens (including phenoxy) is 1. The van der Waals surface area contributed by atoms with Gasteiger partial charge in [-0.3, -0.25) is 0 Å².